The molecule has 0 saturated heterocycles. The normalized spacial score (nSPS) is 13.6. The molecule has 9 heteroatoms. The number of aliphatic hydroxyl groups is 1. The number of hydrogen-bond acceptors (Lipinski definition) is 3. The van der Waals surface area contributed by atoms with Crippen molar-refractivity contribution >= 4 is 5.78 Å². The number of carbonyl (C=O) groups is 1. The third kappa shape index (κ3) is 5.83. The topological polar surface area (TPSA) is 50.2 Å². The molecule has 3 rings (SSSR count). The molecule has 0 spiro atoms. The van der Waals surface area contributed by atoms with Crippen LogP contribution in [0.5, 0.6) is 0 Å². The Kier molecular flexibility index (Phi) is 6.89. The number of alkyl halides is 6. The molecule has 0 aliphatic carbocycles. The van der Waals surface area contributed by atoms with Crippen molar-refractivity contribution in [3.05, 3.63) is 100 Å². The van der Waals surface area contributed by atoms with Gasteiger partial charge < -0.3 is 5.11 Å². The van der Waals surface area contributed by atoms with Crippen molar-refractivity contribution in [2.75, 3.05) is 0 Å². The average Bonchev–Trinajstić information content (AvgIpc) is 2.76. The monoisotopic (exact) mass is 481 g/mol. The van der Waals surface area contributed by atoms with Crippen molar-refractivity contribution in [2.24, 2.45) is 0 Å². The highest BCUT2D eigenvalue weighted by atomic mass is 19.4. The lowest BCUT2D eigenvalue weighted by Crippen LogP contribution is -2.18. The van der Waals surface area contributed by atoms with E-state index in [0.29, 0.717) is 5.56 Å². The summed E-state index contributed by atoms with van der Waals surface area (Å²) in [6.07, 6.45) is -8.70. The Hall–Kier alpha value is -3.20. The number of ketones is 1. The minimum atomic E-state index is -4.77. The maximum atomic E-state index is 13.7. The number of rotatable bonds is 6. The second-order valence-electron chi connectivity index (χ2n) is 8.37. The van der Waals surface area contributed by atoms with Crippen LogP contribution in [0.15, 0.2) is 66.9 Å². The fourth-order valence-electron chi connectivity index (χ4n) is 3.58. The van der Waals surface area contributed by atoms with Crippen molar-refractivity contribution in [1.82, 2.24) is 4.98 Å². The van der Waals surface area contributed by atoms with Crippen molar-refractivity contribution < 1.29 is 36.2 Å². The maximum Gasteiger partial charge on any atom is 0.418 e. The minimum Gasteiger partial charge on any atom is -0.386 e. The van der Waals surface area contributed by atoms with Crippen LogP contribution < -0.4 is 0 Å². The van der Waals surface area contributed by atoms with E-state index in [1.54, 1.807) is 13.8 Å². The number of hydrogen-bond donors (Lipinski definition) is 1. The standard InChI is InChI=1S/C25H21F6NO2/c1-23(2,34)17-9-7-16(8-10-17)21(33)14-19(15-5-11-18(12-6-15)24(26,27)28)22-20(25(29,30)31)4-3-13-32-22/h3-13,19,34H,14H2,1-2H3/t19-/m0/s1. The molecule has 0 amide bonds. The van der Waals surface area contributed by atoms with Gasteiger partial charge in [0.1, 0.15) is 0 Å². The molecule has 1 heterocycles. The van der Waals surface area contributed by atoms with Crippen molar-refractivity contribution in [3.63, 3.8) is 0 Å². The molecule has 3 aromatic rings. The van der Waals surface area contributed by atoms with Gasteiger partial charge in [-0.2, -0.15) is 26.3 Å². The molecule has 2 aromatic carbocycles. The summed E-state index contributed by atoms with van der Waals surface area (Å²) in [5, 5.41) is 10.1. The Morgan fingerprint density at radius 3 is 1.91 bits per heavy atom. The van der Waals surface area contributed by atoms with Crippen LogP contribution in [0.2, 0.25) is 0 Å². The zero-order chi connectivity index (χ0) is 25.3. The van der Waals surface area contributed by atoms with E-state index < -0.39 is 52.9 Å². The Labute approximate surface area is 192 Å². The van der Waals surface area contributed by atoms with Crippen molar-refractivity contribution in [1.29, 1.82) is 0 Å². The third-order valence-electron chi connectivity index (χ3n) is 5.42. The Bertz CT molecular complexity index is 1140. The first-order valence-electron chi connectivity index (χ1n) is 10.2. The molecule has 180 valence electrons. The highest BCUT2D eigenvalue weighted by molar-refractivity contribution is 5.96. The molecular weight excluding hydrogens is 460 g/mol. The van der Waals surface area contributed by atoms with Crippen molar-refractivity contribution in [3.8, 4) is 0 Å². The summed E-state index contributed by atoms with van der Waals surface area (Å²) in [6.45, 7) is 3.12. The first-order valence-corrected chi connectivity index (χ1v) is 10.2. The number of aromatic nitrogens is 1. The van der Waals surface area contributed by atoms with Crippen LogP contribution in [0.3, 0.4) is 0 Å². The fraction of sp³-hybridized carbons (Fsp3) is 0.280. The van der Waals surface area contributed by atoms with Gasteiger partial charge in [0.25, 0.3) is 0 Å². The maximum absolute atomic E-state index is 13.7. The lowest BCUT2D eigenvalue weighted by Gasteiger charge is -2.22. The van der Waals surface area contributed by atoms with Crippen LogP contribution in [0.4, 0.5) is 26.3 Å². The van der Waals surface area contributed by atoms with Crippen LogP contribution in [-0.4, -0.2) is 15.9 Å². The molecule has 0 unspecified atom stereocenters. The molecule has 34 heavy (non-hydrogen) atoms. The summed E-state index contributed by atoms with van der Waals surface area (Å²) in [4.78, 5) is 16.9. The van der Waals surface area contributed by atoms with Crippen molar-refractivity contribution in [2.45, 2.75) is 44.1 Å². The highest BCUT2D eigenvalue weighted by Gasteiger charge is 2.37. The number of benzene rings is 2. The van der Waals surface area contributed by atoms with Crippen LogP contribution in [0.25, 0.3) is 0 Å². The van der Waals surface area contributed by atoms with E-state index in [9.17, 15) is 36.2 Å². The molecule has 0 fully saturated rings. The Morgan fingerprint density at radius 1 is 0.853 bits per heavy atom. The number of Topliss-reactive ketones (excluding diaryl/α,β-unsaturated/α-hetero) is 1. The molecule has 0 radical (unpaired) electrons. The predicted octanol–water partition coefficient (Wildman–Crippen LogP) is 6.75. The van der Waals surface area contributed by atoms with Gasteiger partial charge in [0.05, 0.1) is 22.4 Å². The van der Waals surface area contributed by atoms with Gasteiger partial charge in [0, 0.05) is 24.1 Å². The molecule has 3 nitrogen and oxygen atoms in total. The van der Waals surface area contributed by atoms with E-state index in [4.69, 9.17) is 0 Å². The van der Waals surface area contributed by atoms with Gasteiger partial charge in [-0.05, 0) is 49.2 Å². The quantitative estimate of drug-likeness (QED) is 0.313. The lowest BCUT2D eigenvalue weighted by atomic mass is 9.85. The second-order valence-corrected chi connectivity index (χ2v) is 8.37. The molecule has 0 aliphatic rings. The Morgan fingerprint density at radius 2 is 1.41 bits per heavy atom. The zero-order valence-electron chi connectivity index (χ0n) is 18.2. The van der Waals surface area contributed by atoms with Crippen LogP contribution >= 0.6 is 0 Å². The summed E-state index contributed by atoms with van der Waals surface area (Å²) in [5.74, 6) is -1.76. The zero-order valence-corrected chi connectivity index (χ0v) is 18.2. The number of halogens is 6. The fourth-order valence-corrected chi connectivity index (χ4v) is 3.58. The van der Waals surface area contributed by atoms with Crippen LogP contribution in [0, 0.1) is 0 Å². The molecule has 1 aromatic heterocycles. The van der Waals surface area contributed by atoms with E-state index in [-0.39, 0.29) is 11.1 Å². The third-order valence-corrected chi connectivity index (χ3v) is 5.42. The Balaban J connectivity index is 2.04. The van der Waals surface area contributed by atoms with E-state index in [2.05, 4.69) is 4.98 Å². The van der Waals surface area contributed by atoms with Gasteiger partial charge in [-0.25, -0.2) is 0 Å². The first-order chi connectivity index (χ1) is 15.7. The number of nitrogens with zero attached hydrogens (tertiary/aromatic N) is 1. The predicted molar refractivity (Wildman–Crippen MR) is 113 cm³/mol. The van der Waals surface area contributed by atoms with Gasteiger partial charge in [0.15, 0.2) is 5.78 Å². The van der Waals surface area contributed by atoms with Gasteiger partial charge >= 0.3 is 12.4 Å². The first kappa shape index (κ1) is 25.4. The molecule has 1 atom stereocenters. The lowest BCUT2D eigenvalue weighted by molar-refractivity contribution is -0.139. The molecule has 1 N–H and O–H groups in total. The van der Waals surface area contributed by atoms with E-state index in [1.807, 2.05) is 0 Å². The van der Waals surface area contributed by atoms with E-state index in [0.717, 1.165) is 42.6 Å². The number of pyridine rings is 1. The summed E-state index contributed by atoms with van der Waals surface area (Å²) in [7, 11) is 0. The van der Waals surface area contributed by atoms with E-state index >= 15 is 0 Å². The molecule has 0 saturated carbocycles. The van der Waals surface area contributed by atoms with Crippen LogP contribution in [-0.2, 0) is 18.0 Å². The SMILES string of the molecule is CC(C)(O)c1ccc(C(=O)C[C@@H](c2ccc(C(F)(F)F)cc2)c2ncccc2C(F)(F)F)cc1. The summed E-state index contributed by atoms with van der Waals surface area (Å²) >= 11 is 0. The van der Waals surface area contributed by atoms with Gasteiger partial charge in [-0.15, -0.1) is 0 Å². The average molecular weight is 481 g/mol. The highest BCUT2D eigenvalue weighted by Crippen LogP contribution is 2.39. The summed E-state index contributed by atoms with van der Waals surface area (Å²) in [5.41, 5.74) is -2.80. The molecular formula is C25H21F6NO2. The van der Waals surface area contributed by atoms with Gasteiger partial charge in [-0.1, -0.05) is 36.4 Å². The van der Waals surface area contributed by atoms with Gasteiger partial charge in [-0.3, -0.25) is 9.78 Å². The largest absolute Gasteiger partial charge is 0.418 e. The second kappa shape index (κ2) is 9.21. The van der Waals surface area contributed by atoms with Crippen LogP contribution in [0.1, 0.15) is 64.5 Å². The molecule has 0 bridgehead atoms. The summed E-state index contributed by atoms with van der Waals surface area (Å²) in [6, 6.07) is 11.5. The number of carbonyl (C=O) groups excluding carboxylic acids is 1. The molecule has 0 aliphatic heterocycles. The smallest absolute Gasteiger partial charge is 0.386 e. The van der Waals surface area contributed by atoms with Gasteiger partial charge in [0.2, 0.25) is 0 Å². The summed E-state index contributed by atoms with van der Waals surface area (Å²) < 4.78 is 79.9. The van der Waals surface area contributed by atoms with E-state index in [1.165, 1.54) is 24.3 Å². The minimum absolute atomic E-state index is 0.0960.